The van der Waals surface area contributed by atoms with Gasteiger partial charge in [0.2, 0.25) is 0 Å². The van der Waals surface area contributed by atoms with Gasteiger partial charge in [-0.25, -0.2) is 4.39 Å². The van der Waals surface area contributed by atoms with Crippen molar-refractivity contribution in [2.24, 2.45) is 0 Å². The second-order valence-electron chi connectivity index (χ2n) is 6.46. The number of aliphatic hydroxyl groups is 1. The Morgan fingerprint density at radius 2 is 1.96 bits per heavy atom. The minimum absolute atomic E-state index is 0.156. The maximum Gasteiger partial charge on any atom is 0.258 e. The first-order chi connectivity index (χ1) is 13.6. The van der Waals surface area contributed by atoms with Crippen molar-refractivity contribution in [3.8, 4) is 5.75 Å². The second kappa shape index (κ2) is 11.4. The van der Waals surface area contributed by atoms with Crippen molar-refractivity contribution >= 4 is 5.91 Å². The third-order valence-electron chi connectivity index (χ3n) is 4.38. The molecule has 5 nitrogen and oxygen atoms in total. The van der Waals surface area contributed by atoms with E-state index in [0.717, 1.165) is 19.5 Å². The maximum absolute atomic E-state index is 13.0. The first-order valence-electron chi connectivity index (χ1n) is 9.72. The van der Waals surface area contributed by atoms with E-state index in [9.17, 15) is 14.3 Å². The lowest BCUT2D eigenvalue weighted by Gasteiger charge is -2.30. The Balaban J connectivity index is 0.00000136. The zero-order chi connectivity index (χ0) is 20.4. The van der Waals surface area contributed by atoms with Crippen LogP contribution in [-0.2, 0) is 17.8 Å². The van der Waals surface area contributed by atoms with Crippen LogP contribution in [0.3, 0.4) is 0 Å². The highest BCUT2D eigenvalue weighted by molar-refractivity contribution is 5.77. The van der Waals surface area contributed by atoms with Crippen molar-refractivity contribution < 1.29 is 19.0 Å². The van der Waals surface area contributed by atoms with Crippen LogP contribution in [0, 0.1) is 5.82 Å². The van der Waals surface area contributed by atoms with E-state index in [-0.39, 0.29) is 19.1 Å². The van der Waals surface area contributed by atoms with Gasteiger partial charge < -0.3 is 15.2 Å². The molecular formula is C22H29FN2O3. The summed E-state index contributed by atoms with van der Waals surface area (Å²) in [6, 6.07) is 13.9. The molecule has 1 unspecified atom stereocenters. The molecule has 0 aliphatic carbocycles. The molecule has 1 atom stereocenters. The first-order valence-corrected chi connectivity index (χ1v) is 9.72. The van der Waals surface area contributed by atoms with E-state index in [2.05, 4.69) is 22.3 Å². The Labute approximate surface area is 166 Å². The summed E-state index contributed by atoms with van der Waals surface area (Å²) in [4.78, 5) is 14.0. The normalized spacial score (nSPS) is 14.3. The topological polar surface area (TPSA) is 61.8 Å². The fourth-order valence-electron chi connectivity index (χ4n) is 3.06. The van der Waals surface area contributed by atoms with Gasteiger partial charge >= 0.3 is 0 Å². The monoisotopic (exact) mass is 388 g/mol. The highest BCUT2D eigenvalue weighted by Gasteiger charge is 2.18. The van der Waals surface area contributed by atoms with Crippen molar-refractivity contribution in [1.82, 2.24) is 10.2 Å². The second-order valence-corrected chi connectivity index (χ2v) is 6.46. The molecule has 2 aromatic carbocycles. The average molecular weight is 388 g/mol. The number of rotatable bonds is 7. The molecule has 2 aromatic rings. The highest BCUT2D eigenvalue weighted by atomic mass is 19.1. The van der Waals surface area contributed by atoms with Gasteiger partial charge in [-0.2, -0.15) is 0 Å². The van der Waals surface area contributed by atoms with Gasteiger partial charge in [-0.05, 0) is 29.7 Å². The summed E-state index contributed by atoms with van der Waals surface area (Å²) in [5.41, 5.74) is 2.65. The van der Waals surface area contributed by atoms with E-state index in [1.54, 1.807) is 6.07 Å². The average Bonchev–Trinajstić information content (AvgIpc) is 2.72. The molecule has 152 valence electrons. The highest BCUT2D eigenvalue weighted by Crippen LogP contribution is 2.18. The van der Waals surface area contributed by atoms with Crippen LogP contribution in [0.5, 0.6) is 5.75 Å². The molecule has 28 heavy (non-hydrogen) atoms. The number of hydrogen-bond acceptors (Lipinski definition) is 4. The number of hydrogen-bond donors (Lipinski definition) is 2. The summed E-state index contributed by atoms with van der Waals surface area (Å²) in [5.74, 6) is -0.466. The Morgan fingerprint density at radius 3 is 2.71 bits per heavy atom. The van der Waals surface area contributed by atoms with E-state index < -0.39 is 11.9 Å². The molecule has 0 spiro atoms. The van der Waals surface area contributed by atoms with E-state index in [4.69, 9.17) is 4.74 Å². The number of nitrogens with zero attached hydrogens (tertiary/aromatic N) is 1. The zero-order valence-electron chi connectivity index (χ0n) is 16.5. The third kappa shape index (κ3) is 6.94. The molecule has 1 aliphatic heterocycles. The third-order valence-corrected chi connectivity index (χ3v) is 4.38. The number of nitrogens with one attached hydrogen (secondary N) is 1. The van der Waals surface area contributed by atoms with Crippen LogP contribution >= 0.6 is 0 Å². The summed E-state index contributed by atoms with van der Waals surface area (Å²) >= 11 is 0. The van der Waals surface area contributed by atoms with Gasteiger partial charge in [-0.1, -0.05) is 44.2 Å². The Morgan fingerprint density at radius 1 is 1.21 bits per heavy atom. The Bertz CT molecular complexity index is 754. The Hall–Kier alpha value is -2.44. The molecule has 6 heteroatoms. The van der Waals surface area contributed by atoms with Crippen molar-refractivity contribution in [2.75, 3.05) is 26.2 Å². The molecule has 0 fully saturated rings. The molecule has 0 aromatic heterocycles. The van der Waals surface area contributed by atoms with Gasteiger partial charge in [-0.3, -0.25) is 9.69 Å². The largest absolute Gasteiger partial charge is 0.484 e. The summed E-state index contributed by atoms with van der Waals surface area (Å²) in [6.07, 6.45) is 0.315. The molecule has 3 rings (SSSR count). The lowest BCUT2D eigenvalue weighted by atomic mass is 10.00. The van der Waals surface area contributed by atoms with Crippen LogP contribution in [-0.4, -0.2) is 48.3 Å². The zero-order valence-corrected chi connectivity index (χ0v) is 16.5. The molecule has 2 N–H and O–H groups in total. The molecule has 0 bridgehead atoms. The van der Waals surface area contributed by atoms with Crippen LogP contribution in [0.15, 0.2) is 48.5 Å². The predicted molar refractivity (Wildman–Crippen MR) is 108 cm³/mol. The molecule has 0 saturated heterocycles. The lowest BCUT2D eigenvalue weighted by Crippen LogP contribution is -2.42. The van der Waals surface area contributed by atoms with Gasteiger partial charge in [0.15, 0.2) is 6.61 Å². The lowest BCUT2D eigenvalue weighted by molar-refractivity contribution is -0.123. The number of carbonyl (C=O) groups is 1. The minimum atomic E-state index is -0.654. The molecule has 1 heterocycles. The van der Waals surface area contributed by atoms with Crippen molar-refractivity contribution in [3.63, 3.8) is 0 Å². The van der Waals surface area contributed by atoms with E-state index in [1.807, 2.05) is 26.0 Å². The quantitative estimate of drug-likeness (QED) is 0.766. The maximum atomic E-state index is 13.0. The van der Waals surface area contributed by atoms with E-state index in [0.29, 0.717) is 12.3 Å². The molecule has 1 aliphatic rings. The van der Waals surface area contributed by atoms with Crippen LogP contribution in [0.1, 0.15) is 25.0 Å². The minimum Gasteiger partial charge on any atom is -0.484 e. The van der Waals surface area contributed by atoms with Crippen LogP contribution in [0.2, 0.25) is 0 Å². The number of β-amino-alcohol motifs (C(OH)–C–C–N with tert-alkyl or cyclic N) is 1. The summed E-state index contributed by atoms with van der Waals surface area (Å²) in [7, 11) is 0. The predicted octanol–water partition coefficient (Wildman–Crippen LogP) is 2.77. The van der Waals surface area contributed by atoms with Gasteiger partial charge in [-0.15, -0.1) is 0 Å². The SMILES string of the molecule is CC.O=C(COc1cccc(F)c1)NCC(O)CN1CCc2ccccc2C1. The standard InChI is InChI=1S/C20H23FN2O3.C2H6/c21-17-6-3-7-19(10-17)26-14-20(25)22-11-18(24)13-23-9-8-15-4-1-2-5-16(15)12-23;1-2/h1-7,10,18,24H,8-9,11-14H2,(H,22,25);1-2H3. The number of benzene rings is 2. The Kier molecular flexibility index (Phi) is 8.91. The summed E-state index contributed by atoms with van der Waals surface area (Å²) < 4.78 is 18.3. The number of aliphatic hydroxyl groups excluding tert-OH is 1. The number of ether oxygens (including phenoxy) is 1. The van der Waals surface area contributed by atoms with Gasteiger partial charge in [0.1, 0.15) is 11.6 Å². The van der Waals surface area contributed by atoms with Gasteiger partial charge in [0.25, 0.3) is 5.91 Å². The summed E-state index contributed by atoms with van der Waals surface area (Å²) in [6.45, 7) is 6.14. The molecule has 0 radical (unpaired) electrons. The molecule has 0 saturated carbocycles. The molecule has 1 amide bonds. The fourth-order valence-corrected chi connectivity index (χ4v) is 3.06. The van der Waals surface area contributed by atoms with Crippen LogP contribution < -0.4 is 10.1 Å². The molecular weight excluding hydrogens is 359 g/mol. The number of fused-ring (bicyclic) bond motifs is 1. The van der Waals surface area contributed by atoms with E-state index in [1.165, 1.54) is 29.3 Å². The van der Waals surface area contributed by atoms with Gasteiger partial charge in [0.05, 0.1) is 6.10 Å². The number of halogens is 1. The fraction of sp³-hybridized carbons (Fsp3) is 0.409. The van der Waals surface area contributed by atoms with Crippen LogP contribution in [0.4, 0.5) is 4.39 Å². The van der Waals surface area contributed by atoms with Crippen molar-refractivity contribution in [3.05, 3.63) is 65.5 Å². The van der Waals surface area contributed by atoms with Crippen LogP contribution in [0.25, 0.3) is 0 Å². The first kappa shape index (κ1) is 21.9. The summed E-state index contributed by atoms with van der Waals surface area (Å²) in [5, 5.41) is 12.8. The van der Waals surface area contributed by atoms with E-state index >= 15 is 0 Å². The van der Waals surface area contributed by atoms with Gasteiger partial charge in [0, 0.05) is 32.2 Å². The van der Waals surface area contributed by atoms with Crippen molar-refractivity contribution in [1.29, 1.82) is 0 Å². The smallest absolute Gasteiger partial charge is 0.258 e. The number of carbonyl (C=O) groups excluding carboxylic acids is 1. The number of amides is 1. The van der Waals surface area contributed by atoms with Crippen molar-refractivity contribution in [2.45, 2.75) is 32.9 Å².